The molecule has 0 saturated heterocycles. The van der Waals surface area contributed by atoms with Crippen LogP contribution in [-0.4, -0.2) is 21.7 Å². The molecule has 3 nitrogen and oxygen atoms in total. The van der Waals surface area contributed by atoms with Gasteiger partial charge in [-0.3, -0.25) is 0 Å². The van der Waals surface area contributed by atoms with E-state index in [1.54, 1.807) is 0 Å². The van der Waals surface area contributed by atoms with Crippen LogP contribution in [0.25, 0.3) is 0 Å². The Morgan fingerprint density at radius 3 is 2.27 bits per heavy atom. The lowest BCUT2D eigenvalue weighted by atomic mass is 9.96. The van der Waals surface area contributed by atoms with Gasteiger partial charge in [-0.1, -0.05) is 22.6 Å². The van der Waals surface area contributed by atoms with Gasteiger partial charge in [-0.25, -0.2) is 4.79 Å². The van der Waals surface area contributed by atoms with E-state index in [0.717, 1.165) is 16.8 Å². The molecule has 0 bridgehead atoms. The first-order valence-electron chi connectivity index (χ1n) is 5.50. The quantitative estimate of drug-likeness (QED) is 0.594. The predicted molar refractivity (Wildman–Crippen MR) is 69.4 cm³/mol. The summed E-state index contributed by atoms with van der Waals surface area (Å²) in [5.74, 6) is 0. The molecule has 1 rings (SSSR count). The van der Waals surface area contributed by atoms with E-state index in [9.17, 15) is 4.79 Å². The smallest absolute Gasteiger partial charge is 0.407 e. The van der Waals surface area contributed by atoms with E-state index in [0.29, 0.717) is 6.04 Å². The van der Waals surface area contributed by atoms with Crippen molar-refractivity contribution >= 4 is 28.7 Å². The number of rotatable bonds is 1. The van der Waals surface area contributed by atoms with Crippen molar-refractivity contribution in [3.05, 3.63) is 0 Å². The fourth-order valence-electron chi connectivity index (χ4n) is 1.67. The minimum Gasteiger partial charge on any atom is -0.444 e. The third-order valence-electron chi connectivity index (χ3n) is 2.38. The third-order valence-corrected chi connectivity index (χ3v) is 3.62. The third kappa shape index (κ3) is 5.58. The summed E-state index contributed by atoms with van der Waals surface area (Å²) in [6, 6.07) is 0.311. The fraction of sp³-hybridized carbons (Fsp3) is 0.909. The van der Waals surface area contributed by atoms with Gasteiger partial charge in [0.2, 0.25) is 0 Å². The van der Waals surface area contributed by atoms with Crippen molar-refractivity contribution in [2.24, 2.45) is 0 Å². The first kappa shape index (κ1) is 13.1. The van der Waals surface area contributed by atoms with Gasteiger partial charge < -0.3 is 10.1 Å². The van der Waals surface area contributed by atoms with Crippen LogP contribution >= 0.6 is 22.6 Å². The average molecular weight is 325 g/mol. The van der Waals surface area contributed by atoms with Crippen molar-refractivity contribution < 1.29 is 9.53 Å². The minimum absolute atomic E-state index is 0.278. The zero-order valence-electron chi connectivity index (χ0n) is 9.68. The summed E-state index contributed by atoms with van der Waals surface area (Å²) in [5, 5.41) is 2.93. The number of carbonyl (C=O) groups excluding carboxylic acids is 1. The van der Waals surface area contributed by atoms with Gasteiger partial charge in [0.05, 0.1) is 0 Å². The van der Waals surface area contributed by atoms with Crippen molar-refractivity contribution in [3.63, 3.8) is 0 Å². The zero-order chi connectivity index (χ0) is 11.5. The lowest BCUT2D eigenvalue weighted by molar-refractivity contribution is 0.0494. The Hall–Kier alpha value is 0. The van der Waals surface area contributed by atoms with E-state index in [4.69, 9.17) is 4.74 Å². The Labute approximate surface area is 105 Å². The van der Waals surface area contributed by atoms with Crippen molar-refractivity contribution in [1.29, 1.82) is 0 Å². The summed E-state index contributed by atoms with van der Waals surface area (Å²) in [6.07, 6.45) is 4.27. The van der Waals surface area contributed by atoms with Crippen LogP contribution in [0.5, 0.6) is 0 Å². The number of amides is 1. The van der Waals surface area contributed by atoms with Gasteiger partial charge in [0.25, 0.3) is 0 Å². The topological polar surface area (TPSA) is 38.3 Å². The maximum Gasteiger partial charge on any atom is 0.407 e. The fourth-order valence-corrected chi connectivity index (χ4v) is 2.39. The molecule has 0 radical (unpaired) electrons. The highest BCUT2D eigenvalue weighted by atomic mass is 127. The van der Waals surface area contributed by atoms with Crippen molar-refractivity contribution in [1.82, 2.24) is 5.32 Å². The molecule has 4 heteroatoms. The summed E-state index contributed by atoms with van der Waals surface area (Å²) < 4.78 is 5.99. The second kappa shape index (κ2) is 5.37. The molecular formula is C11H20INO2. The first-order chi connectivity index (χ1) is 6.87. The molecule has 0 heterocycles. The highest BCUT2D eigenvalue weighted by Crippen LogP contribution is 2.24. The van der Waals surface area contributed by atoms with Crippen molar-refractivity contribution in [2.75, 3.05) is 0 Å². The maximum atomic E-state index is 11.5. The van der Waals surface area contributed by atoms with E-state index in [1.165, 1.54) is 12.8 Å². The molecule has 1 saturated carbocycles. The lowest BCUT2D eigenvalue weighted by Gasteiger charge is -2.27. The first-order valence-corrected chi connectivity index (χ1v) is 6.75. The molecule has 1 fully saturated rings. The summed E-state index contributed by atoms with van der Waals surface area (Å²) in [7, 11) is 0. The molecule has 0 aliphatic heterocycles. The van der Waals surface area contributed by atoms with E-state index in [-0.39, 0.29) is 6.09 Å². The highest BCUT2D eigenvalue weighted by molar-refractivity contribution is 14.1. The molecule has 0 atom stereocenters. The Kier molecular flexibility index (Phi) is 4.67. The number of ether oxygens (including phenoxy) is 1. The van der Waals surface area contributed by atoms with Gasteiger partial charge in [-0.05, 0) is 46.5 Å². The van der Waals surface area contributed by atoms with Crippen molar-refractivity contribution in [3.8, 4) is 0 Å². The number of nitrogens with one attached hydrogen (secondary N) is 1. The van der Waals surface area contributed by atoms with E-state index >= 15 is 0 Å². The second-order valence-electron chi connectivity index (χ2n) is 5.10. The Morgan fingerprint density at radius 2 is 1.80 bits per heavy atom. The van der Waals surface area contributed by atoms with Gasteiger partial charge in [0.15, 0.2) is 0 Å². The van der Waals surface area contributed by atoms with Crippen LogP contribution in [0.1, 0.15) is 46.5 Å². The molecule has 0 aromatic carbocycles. The summed E-state index contributed by atoms with van der Waals surface area (Å²) in [4.78, 5) is 11.5. The molecule has 0 unspecified atom stereocenters. The van der Waals surface area contributed by atoms with Gasteiger partial charge in [0.1, 0.15) is 5.60 Å². The van der Waals surface area contributed by atoms with Gasteiger partial charge in [-0.2, -0.15) is 0 Å². The maximum absolute atomic E-state index is 11.5. The molecule has 0 spiro atoms. The number of alkyl carbamates (subject to hydrolysis) is 1. The Bertz CT molecular complexity index is 217. The molecule has 88 valence electrons. The van der Waals surface area contributed by atoms with Crippen LogP contribution < -0.4 is 5.32 Å². The molecule has 15 heavy (non-hydrogen) atoms. The summed E-state index contributed by atoms with van der Waals surface area (Å²) in [6.45, 7) is 5.65. The molecule has 1 amide bonds. The second-order valence-corrected chi connectivity index (χ2v) is 6.86. The average Bonchev–Trinajstić information content (AvgIpc) is 2.05. The number of halogens is 1. The van der Waals surface area contributed by atoms with Gasteiger partial charge in [0, 0.05) is 9.97 Å². The number of alkyl halides is 1. The number of hydrogen-bond acceptors (Lipinski definition) is 2. The summed E-state index contributed by atoms with van der Waals surface area (Å²) >= 11 is 2.48. The standard InChI is InChI=1S/C11H20INO2/c1-11(2,3)15-10(14)13-9-6-4-8(12)5-7-9/h8-9H,4-7H2,1-3H3,(H,13,14)/t8-,9-. The van der Waals surface area contributed by atoms with Crippen molar-refractivity contribution in [2.45, 2.75) is 62.0 Å². The van der Waals surface area contributed by atoms with E-state index in [1.807, 2.05) is 20.8 Å². The minimum atomic E-state index is -0.398. The molecule has 1 aliphatic carbocycles. The Balaban J connectivity index is 2.27. The normalized spacial score (nSPS) is 27.2. The van der Waals surface area contributed by atoms with Gasteiger partial charge >= 0.3 is 6.09 Å². The predicted octanol–water partition coefficient (Wildman–Crippen LogP) is 3.26. The van der Waals surface area contributed by atoms with E-state index < -0.39 is 5.60 Å². The molecular weight excluding hydrogens is 305 g/mol. The number of hydrogen-bond donors (Lipinski definition) is 1. The molecule has 0 aromatic heterocycles. The van der Waals surface area contributed by atoms with Crippen LogP contribution in [0.3, 0.4) is 0 Å². The van der Waals surface area contributed by atoms with E-state index in [2.05, 4.69) is 27.9 Å². The lowest BCUT2D eigenvalue weighted by Crippen LogP contribution is -2.41. The zero-order valence-corrected chi connectivity index (χ0v) is 11.8. The van der Waals surface area contributed by atoms with Crippen LogP contribution in [0, 0.1) is 0 Å². The summed E-state index contributed by atoms with van der Waals surface area (Å²) in [5.41, 5.74) is -0.398. The van der Waals surface area contributed by atoms with Gasteiger partial charge in [-0.15, -0.1) is 0 Å². The molecule has 1 aliphatic rings. The highest BCUT2D eigenvalue weighted by Gasteiger charge is 2.23. The van der Waals surface area contributed by atoms with Crippen LogP contribution in [0.4, 0.5) is 4.79 Å². The van der Waals surface area contributed by atoms with Crippen LogP contribution in [0.15, 0.2) is 0 Å². The van der Waals surface area contributed by atoms with Crippen LogP contribution in [0.2, 0.25) is 0 Å². The monoisotopic (exact) mass is 325 g/mol. The number of carbonyl (C=O) groups is 1. The molecule has 0 aromatic rings. The molecule has 1 N–H and O–H groups in total. The van der Waals surface area contributed by atoms with Crippen LogP contribution in [-0.2, 0) is 4.74 Å². The SMILES string of the molecule is CC(C)(C)OC(=O)N[C@H]1CC[C@H](I)CC1. The largest absolute Gasteiger partial charge is 0.444 e. The Morgan fingerprint density at radius 1 is 1.27 bits per heavy atom.